The zero-order valence-corrected chi connectivity index (χ0v) is 11.6. The van der Waals surface area contributed by atoms with E-state index >= 15 is 0 Å². The van der Waals surface area contributed by atoms with E-state index in [1.807, 2.05) is 12.1 Å². The largest absolute Gasteiger partial charge is 0.478 e. The molecule has 3 aromatic rings. The number of aromatic nitrogens is 1. The van der Waals surface area contributed by atoms with Crippen LogP contribution in [-0.2, 0) is 0 Å². The van der Waals surface area contributed by atoms with E-state index < -0.39 is 5.97 Å². The first-order chi connectivity index (χ1) is 9.58. The maximum atomic E-state index is 12.4. The molecule has 0 aliphatic rings. The van der Waals surface area contributed by atoms with E-state index in [2.05, 4.69) is 0 Å². The third-order valence-electron chi connectivity index (χ3n) is 2.90. The van der Waals surface area contributed by atoms with Gasteiger partial charge in [-0.1, -0.05) is 35.3 Å². The fraction of sp³-hybridized carbons (Fsp3) is 0. The van der Waals surface area contributed by atoms with Crippen molar-refractivity contribution in [1.29, 1.82) is 0 Å². The molecule has 20 heavy (non-hydrogen) atoms. The third kappa shape index (κ3) is 2.01. The number of carbonyl (C=O) groups is 1. The summed E-state index contributed by atoms with van der Waals surface area (Å²) >= 11 is 7.12. The first-order valence-electron chi connectivity index (χ1n) is 5.72. The summed E-state index contributed by atoms with van der Waals surface area (Å²) in [5.74, 6) is -1.10. The van der Waals surface area contributed by atoms with Crippen LogP contribution in [0.25, 0.3) is 15.8 Å². The normalized spacial score (nSPS) is 10.8. The minimum absolute atomic E-state index is 0.0445. The molecule has 1 heterocycles. The lowest BCUT2D eigenvalue weighted by atomic mass is 10.2. The van der Waals surface area contributed by atoms with Crippen LogP contribution in [0.3, 0.4) is 0 Å². The van der Waals surface area contributed by atoms with Crippen LogP contribution in [-0.4, -0.2) is 15.0 Å². The van der Waals surface area contributed by atoms with Crippen LogP contribution in [0.4, 0.5) is 0 Å². The summed E-state index contributed by atoms with van der Waals surface area (Å²) in [6.07, 6.45) is 0. The minimum Gasteiger partial charge on any atom is -0.478 e. The van der Waals surface area contributed by atoms with Gasteiger partial charge in [0.05, 0.1) is 21.3 Å². The number of hydrogen-bond donors (Lipinski definition) is 1. The average molecular weight is 306 g/mol. The number of aromatic carboxylic acids is 1. The second kappa shape index (κ2) is 4.77. The number of benzene rings is 2. The van der Waals surface area contributed by atoms with Gasteiger partial charge >= 0.3 is 5.97 Å². The molecule has 1 N–H and O–H groups in total. The van der Waals surface area contributed by atoms with Crippen LogP contribution >= 0.6 is 23.1 Å². The fourth-order valence-electron chi connectivity index (χ4n) is 1.98. The van der Waals surface area contributed by atoms with Crippen molar-refractivity contribution in [3.05, 3.63) is 63.4 Å². The highest BCUT2D eigenvalue weighted by molar-refractivity contribution is 7.14. The molecule has 2 aromatic carbocycles. The number of halogens is 1. The van der Waals surface area contributed by atoms with Crippen molar-refractivity contribution in [2.24, 2.45) is 0 Å². The van der Waals surface area contributed by atoms with Gasteiger partial charge in [-0.2, -0.15) is 0 Å². The van der Waals surface area contributed by atoms with Gasteiger partial charge in [-0.3, -0.25) is 4.79 Å². The van der Waals surface area contributed by atoms with Crippen molar-refractivity contribution in [1.82, 2.24) is 3.96 Å². The molecule has 3 rings (SSSR count). The Morgan fingerprint density at radius 2 is 1.95 bits per heavy atom. The quantitative estimate of drug-likeness (QED) is 0.789. The maximum Gasteiger partial charge on any atom is 0.337 e. The van der Waals surface area contributed by atoms with Gasteiger partial charge in [0.1, 0.15) is 0 Å². The molecule has 0 saturated carbocycles. The summed E-state index contributed by atoms with van der Waals surface area (Å²) in [5.41, 5.74) is 0.0922. The molecule has 1 aromatic heterocycles. The lowest BCUT2D eigenvalue weighted by Gasteiger charge is -2.05. The van der Waals surface area contributed by atoms with Gasteiger partial charge in [0.25, 0.3) is 5.56 Å². The topological polar surface area (TPSA) is 59.3 Å². The Morgan fingerprint density at radius 3 is 2.65 bits per heavy atom. The number of hydrogen-bond acceptors (Lipinski definition) is 3. The number of carboxylic acids is 1. The van der Waals surface area contributed by atoms with Crippen molar-refractivity contribution in [2.45, 2.75) is 0 Å². The Morgan fingerprint density at radius 1 is 1.20 bits per heavy atom. The molecule has 0 radical (unpaired) electrons. The average Bonchev–Trinajstić information content (AvgIpc) is 2.76. The van der Waals surface area contributed by atoms with E-state index in [1.54, 1.807) is 12.1 Å². The molecule has 0 aliphatic carbocycles. The van der Waals surface area contributed by atoms with Crippen molar-refractivity contribution in [3.8, 4) is 5.69 Å². The summed E-state index contributed by atoms with van der Waals surface area (Å²) in [6.45, 7) is 0. The van der Waals surface area contributed by atoms with Gasteiger partial charge in [0, 0.05) is 5.02 Å². The summed E-state index contributed by atoms with van der Waals surface area (Å²) < 4.78 is 2.16. The first kappa shape index (κ1) is 12.9. The van der Waals surface area contributed by atoms with Gasteiger partial charge in [0.15, 0.2) is 0 Å². The van der Waals surface area contributed by atoms with Gasteiger partial charge < -0.3 is 5.11 Å². The number of carboxylic acid groups (broad SMARTS) is 1. The molecule has 0 saturated heterocycles. The SMILES string of the molecule is O=C(O)c1ccc(Cl)cc1-n1sc2ccccc2c1=O. The third-order valence-corrected chi connectivity index (χ3v) is 4.23. The van der Waals surface area contributed by atoms with Crippen molar-refractivity contribution >= 4 is 39.2 Å². The molecule has 0 unspecified atom stereocenters. The van der Waals surface area contributed by atoms with Gasteiger partial charge in [-0.15, -0.1) is 0 Å². The molecule has 0 amide bonds. The van der Waals surface area contributed by atoms with Crippen LogP contribution in [0.5, 0.6) is 0 Å². The summed E-state index contributed by atoms with van der Waals surface area (Å²) in [7, 11) is 0. The Bertz CT molecular complexity index is 882. The minimum atomic E-state index is -1.10. The van der Waals surface area contributed by atoms with Crippen molar-refractivity contribution in [2.75, 3.05) is 0 Å². The highest BCUT2D eigenvalue weighted by atomic mass is 35.5. The number of fused-ring (bicyclic) bond motifs is 1. The molecule has 4 nitrogen and oxygen atoms in total. The molecule has 100 valence electrons. The summed E-state index contributed by atoms with van der Waals surface area (Å²) in [5, 5.41) is 10.2. The Labute approximate surface area is 122 Å². The molecule has 0 fully saturated rings. The van der Waals surface area contributed by atoms with E-state index in [4.69, 9.17) is 11.6 Å². The van der Waals surface area contributed by atoms with Crippen molar-refractivity contribution in [3.63, 3.8) is 0 Å². The smallest absolute Gasteiger partial charge is 0.337 e. The number of nitrogens with zero attached hydrogens (tertiary/aromatic N) is 1. The Balaban J connectivity index is 2.36. The van der Waals surface area contributed by atoms with Crippen LogP contribution in [0.1, 0.15) is 10.4 Å². The molecular formula is C14H8ClNO3S. The standard InChI is InChI=1S/C14H8ClNO3S/c15-8-5-6-9(14(18)19)11(7-8)16-13(17)10-3-1-2-4-12(10)20-16/h1-7H,(H,18,19). The van der Waals surface area contributed by atoms with Crippen LogP contribution in [0.15, 0.2) is 47.3 Å². The monoisotopic (exact) mass is 305 g/mol. The fourth-order valence-corrected chi connectivity index (χ4v) is 3.17. The Hall–Kier alpha value is -2.11. The van der Waals surface area contributed by atoms with E-state index in [-0.39, 0.29) is 16.8 Å². The maximum absolute atomic E-state index is 12.4. The molecule has 0 aliphatic heterocycles. The lowest BCUT2D eigenvalue weighted by Crippen LogP contribution is -2.14. The predicted octanol–water partition coefficient (Wildman–Crippen LogP) is 3.40. The lowest BCUT2D eigenvalue weighted by molar-refractivity contribution is 0.0697. The van der Waals surface area contributed by atoms with Crippen LogP contribution in [0.2, 0.25) is 5.02 Å². The molecule has 0 atom stereocenters. The van der Waals surface area contributed by atoms with Gasteiger partial charge in [0.2, 0.25) is 0 Å². The van der Waals surface area contributed by atoms with Gasteiger partial charge in [-0.05, 0) is 30.3 Å². The molecular weight excluding hydrogens is 298 g/mol. The summed E-state index contributed by atoms with van der Waals surface area (Å²) in [6, 6.07) is 11.5. The zero-order chi connectivity index (χ0) is 14.3. The highest BCUT2D eigenvalue weighted by Gasteiger charge is 2.16. The zero-order valence-electron chi connectivity index (χ0n) is 10.0. The second-order valence-electron chi connectivity index (χ2n) is 4.15. The van der Waals surface area contributed by atoms with E-state index in [9.17, 15) is 14.7 Å². The molecule has 0 spiro atoms. The summed E-state index contributed by atoms with van der Waals surface area (Å²) in [4.78, 5) is 23.6. The number of rotatable bonds is 2. The molecule has 6 heteroatoms. The Kier molecular flexibility index (Phi) is 3.08. The molecule has 0 bridgehead atoms. The highest BCUT2D eigenvalue weighted by Crippen LogP contribution is 2.24. The van der Waals surface area contributed by atoms with E-state index in [1.165, 1.54) is 33.7 Å². The van der Waals surface area contributed by atoms with Gasteiger partial charge in [-0.25, -0.2) is 8.75 Å². The van der Waals surface area contributed by atoms with E-state index in [0.717, 1.165) is 4.70 Å². The van der Waals surface area contributed by atoms with Crippen molar-refractivity contribution < 1.29 is 9.90 Å². The van der Waals surface area contributed by atoms with Crippen LogP contribution in [0, 0.1) is 0 Å². The van der Waals surface area contributed by atoms with Crippen LogP contribution < -0.4 is 5.56 Å². The van der Waals surface area contributed by atoms with E-state index in [0.29, 0.717) is 10.4 Å². The predicted molar refractivity (Wildman–Crippen MR) is 79.4 cm³/mol. The first-order valence-corrected chi connectivity index (χ1v) is 6.87. The second-order valence-corrected chi connectivity index (χ2v) is 5.58.